The van der Waals surface area contributed by atoms with Crippen LogP contribution in [0, 0.1) is 11.3 Å². The molecule has 0 aromatic rings. The minimum absolute atomic E-state index is 0.0510. The van der Waals surface area contributed by atoms with Gasteiger partial charge in [-0.2, -0.15) is 0 Å². The summed E-state index contributed by atoms with van der Waals surface area (Å²) in [5.41, 5.74) is 0.124. The van der Waals surface area contributed by atoms with E-state index in [4.69, 9.17) is 5.11 Å². The molecule has 0 aromatic carbocycles. The topological polar surface area (TPSA) is 40.5 Å². The van der Waals surface area contributed by atoms with Gasteiger partial charge in [0.05, 0.1) is 6.61 Å². The minimum atomic E-state index is 0.0510. The summed E-state index contributed by atoms with van der Waals surface area (Å²) in [6.07, 6.45) is 4.53. The van der Waals surface area contributed by atoms with Crippen molar-refractivity contribution in [1.29, 1.82) is 0 Å². The van der Waals surface area contributed by atoms with Gasteiger partial charge in [0, 0.05) is 19.5 Å². The van der Waals surface area contributed by atoms with E-state index >= 15 is 0 Å². The number of carbonyl (C=O) groups is 1. The summed E-state index contributed by atoms with van der Waals surface area (Å²) in [5, 5.41) is 8.82. The fraction of sp³-hybridized carbons (Fsp3) is 0.917. The maximum atomic E-state index is 12.1. The Labute approximate surface area is 92.5 Å². The van der Waals surface area contributed by atoms with Gasteiger partial charge in [-0.1, -0.05) is 26.7 Å². The van der Waals surface area contributed by atoms with Gasteiger partial charge in [0.1, 0.15) is 0 Å². The predicted octanol–water partition coefficient (Wildman–Crippen LogP) is 1.65. The maximum absolute atomic E-state index is 12.1. The van der Waals surface area contributed by atoms with Gasteiger partial charge < -0.3 is 10.0 Å². The highest BCUT2D eigenvalue weighted by molar-refractivity contribution is 5.79. The van der Waals surface area contributed by atoms with Crippen LogP contribution in [0.2, 0.25) is 0 Å². The molecule has 1 N–H and O–H groups in total. The van der Waals surface area contributed by atoms with Crippen LogP contribution >= 0.6 is 0 Å². The average molecular weight is 213 g/mol. The van der Waals surface area contributed by atoms with Gasteiger partial charge in [0.15, 0.2) is 0 Å². The van der Waals surface area contributed by atoms with Gasteiger partial charge in [-0.15, -0.1) is 0 Å². The second-order valence-corrected chi connectivity index (χ2v) is 5.27. The third kappa shape index (κ3) is 2.94. The van der Waals surface area contributed by atoms with E-state index in [1.54, 1.807) is 11.9 Å². The zero-order chi connectivity index (χ0) is 11.5. The number of rotatable bonds is 3. The standard InChI is InChI=1S/C12H23NO2/c1-12(2)7-5-4-6-10(12)11(15)13(3)8-9-14/h10,14H,4-9H2,1-3H3. The number of carbonyl (C=O) groups excluding carboxylic acids is 1. The van der Waals surface area contributed by atoms with E-state index < -0.39 is 0 Å². The number of amides is 1. The molecule has 1 aliphatic carbocycles. The van der Waals surface area contributed by atoms with Crippen LogP contribution in [0.15, 0.2) is 0 Å². The van der Waals surface area contributed by atoms with Crippen molar-refractivity contribution in [1.82, 2.24) is 4.90 Å². The molecule has 0 bridgehead atoms. The minimum Gasteiger partial charge on any atom is -0.395 e. The first-order chi connectivity index (χ1) is 6.99. The summed E-state index contributed by atoms with van der Waals surface area (Å²) < 4.78 is 0. The lowest BCUT2D eigenvalue weighted by Gasteiger charge is -2.39. The summed E-state index contributed by atoms with van der Waals surface area (Å²) in [5.74, 6) is 0.344. The van der Waals surface area contributed by atoms with Crippen LogP contribution in [-0.4, -0.2) is 36.1 Å². The SMILES string of the molecule is CN(CCO)C(=O)C1CCCCC1(C)C. The zero-order valence-corrected chi connectivity index (χ0v) is 10.1. The molecule has 0 heterocycles. The molecule has 1 atom stereocenters. The molecular formula is C12H23NO2. The second-order valence-electron chi connectivity index (χ2n) is 5.27. The van der Waals surface area contributed by atoms with E-state index in [1.807, 2.05) is 0 Å². The van der Waals surface area contributed by atoms with Gasteiger partial charge in [-0.05, 0) is 18.3 Å². The first-order valence-corrected chi connectivity index (χ1v) is 5.85. The van der Waals surface area contributed by atoms with E-state index in [9.17, 15) is 4.79 Å². The van der Waals surface area contributed by atoms with E-state index in [-0.39, 0.29) is 23.8 Å². The Morgan fingerprint density at radius 1 is 1.47 bits per heavy atom. The molecule has 1 fully saturated rings. The highest BCUT2D eigenvalue weighted by Gasteiger charge is 2.38. The Morgan fingerprint density at radius 2 is 2.13 bits per heavy atom. The molecule has 1 saturated carbocycles. The number of hydrogen-bond acceptors (Lipinski definition) is 2. The molecule has 1 aliphatic rings. The molecule has 0 saturated heterocycles. The number of nitrogens with zero attached hydrogens (tertiary/aromatic N) is 1. The van der Waals surface area contributed by atoms with Gasteiger partial charge in [0.2, 0.25) is 5.91 Å². The van der Waals surface area contributed by atoms with Crippen LogP contribution in [0.4, 0.5) is 0 Å². The second kappa shape index (κ2) is 4.97. The molecule has 1 unspecified atom stereocenters. The normalized spacial score (nSPS) is 24.9. The van der Waals surface area contributed by atoms with Crippen molar-refractivity contribution in [2.24, 2.45) is 11.3 Å². The van der Waals surface area contributed by atoms with Crippen molar-refractivity contribution < 1.29 is 9.90 Å². The molecule has 3 nitrogen and oxygen atoms in total. The molecule has 0 aliphatic heterocycles. The summed E-state index contributed by atoms with van der Waals surface area (Å²) in [7, 11) is 1.78. The predicted molar refractivity (Wildman–Crippen MR) is 60.5 cm³/mol. The third-order valence-electron chi connectivity index (χ3n) is 3.62. The molecule has 1 rings (SSSR count). The summed E-state index contributed by atoms with van der Waals surface area (Å²) >= 11 is 0. The van der Waals surface area contributed by atoms with Gasteiger partial charge in [-0.25, -0.2) is 0 Å². The van der Waals surface area contributed by atoms with Crippen LogP contribution in [0.3, 0.4) is 0 Å². The van der Waals surface area contributed by atoms with E-state index in [0.29, 0.717) is 6.54 Å². The largest absolute Gasteiger partial charge is 0.395 e. The Kier molecular flexibility index (Phi) is 4.14. The molecule has 0 aromatic heterocycles. The van der Waals surface area contributed by atoms with E-state index in [1.165, 1.54) is 6.42 Å². The van der Waals surface area contributed by atoms with Crippen LogP contribution in [0.25, 0.3) is 0 Å². The van der Waals surface area contributed by atoms with Crippen molar-refractivity contribution in [2.45, 2.75) is 39.5 Å². The van der Waals surface area contributed by atoms with E-state index in [2.05, 4.69) is 13.8 Å². The van der Waals surface area contributed by atoms with Crippen LogP contribution < -0.4 is 0 Å². The number of aliphatic hydroxyl groups is 1. The maximum Gasteiger partial charge on any atom is 0.226 e. The summed E-state index contributed by atoms with van der Waals surface area (Å²) in [6, 6.07) is 0. The summed E-state index contributed by atoms with van der Waals surface area (Å²) in [6.45, 7) is 4.86. The fourth-order valence-electron chi connectivity index (χ4n) is 2.48. The van der Waals surface area contributed by atoms with Crippen LogP contribution in [0.1, 0.15) is 39.5 Å². The molecule has 3 heteroatoms. The lowest BCUT2D eigenvalue weighted by atomic mass is 9.68. The van der Waals surface area contributed by atoms with Crippen molar-refractivity contribution in [3.63, 3.8) is 0 Å². The lowest BCUT2D eigenvalue weighted by Crippen LogP contribution is -2.42. The fourth-order valence-corrected chi connectivity index (χ4v) is 2.48. The van der Waals surface area contributed by atoms with Crippen LogP contribution in [0.5, 0.6) is 0 Å². The number of likely N-dealkylation sites (N-methyl/N-ethyl adjacent to an activating group) is 1. The zero-order valence-electron chi connectivity index (χ0n) is 10.1. The smallest absolute Gasteiger partial charge is 0.226 e. The molecule has 0 spiro atoms. The Balaban J connectivity index is 2.64. The average Bonchev–Trinajstić information content (AvgIpc) is 2.16. The Bertz CT molecular complexity index is 226. The van der Waals surface area contributed by atoms with Crippen LogP contribution in [-0.2, 0) is 4.79 Å². The first-order valence-electron chi connectivity index (χ1n) is 5.85. The molecule has 15 heavy (non-hydrogen) atoms. The van der Waals surface area contributed by atoms with Gasteiger partial charge in [-0.3, -0.25) is 4.79 Å². The van der Waals surface area contributed by atoms with Crippen molar-refractivity contribution >= 4 is 5.91 Å². The highest BCUT2D eigenvalue weighted by Crippen LogP contribution is 2.41. The molecule has 1 amide bonds. The van der Waals surface area contributed by atoms with Crippen molar-refractivity contribution in [3.8, 4) is 0 Å². The Hall–Kier alpha value is -0.570. The highest BCUT2D eigenvalue weighted by atomic mass is 16.3. The monoisotopic (exact) mass is 213 g/mol. The molecule has 0 radical (unpaired) electrons. The number of hydrogen-bond donors (Lipinski definition) is 1. The van der Waals surface area contributed by atoms with Gasteiger partial charge in [0.25, 0.3) is 0 Å². The van der Waals surface area contributed by atoms with Gasteiger partial charge >= 0.3 is 0 Å². The molecular weight excluding hydrogens is 190 g/mol. The third-order valence-corrected chi connectivity index (χ3v) is 3.62. The van der Waals surface area contributed by atoms with Crippen molar-refractivity contribution in [2.75, 3.05) is 20.2 Å². The summed E-state index contributed by atoms with van der Waals surface area (Å²) in [4.78, 5) is 13.8. The molecule has 88 valence electrons. The quantitative estimate of drug-likeness (QED) is 0.774. The van der Waals surface area contributed by atoms with E-state index in [0.717, 1.165) is 19.3 Å². The lowest BCUT2D eigenvalue weighted by molar-refractivity contribution is -0.140. The Morgan fingerprint density at radius 3 is 2.67 bits per heavy atom. The number of aliphatic hydroxyl groups excluding tert-OH is 1. The van der Waals surface area contributed by atoms with Crippen molar-refractivity contribution in [3.05, 3.63) is 0 Å². The first kappa shape index (κ1) is 12.5.